The molecule has 0 aliphatic rings. The van der Waals surface area contributed by atoms with Gasteiger partial charge in [-0.1, -0.05) is 0 Å². The Labute approximate surface area is 57.6 Å². The number of thiophene rings is 1. The van der Waals surface area contributed by atoms with Gasteiger partial charge in [-0.3, -0.25) is 0 Å². The van der Waals surface area contributed by atoms with Crippen molar-refractivity contribution in [2.45, 2.75) is 0 Å². The molecule has 0 bridgehead atoms. The fourth-order valence-electron chi connectivity index (χ4n) is 0.342. The van der Waals surface area contributed by atoms with E-state index in [9.17, 15) is 0 Å². The summed E-state index contributed by atoms with van der Waals surface area (Å²) in [7, 11) is 0. The summed E-state index contributed by atoms with van der Waals surface area (Å²) < 4.78 is 2.18. The first kappa shape index (κ1) is 5.40. The summed E-state index contributed by atoms with van der Waals surface area (Å²) in [4.78, 5) is 0. The van der Waals surface area contributed by atoms with Crippen LogP contribution in [0.15, 0.2) is 16.8 Å². The summed E-state index contributed by atoms with van der Waals surface area (Å²) in [6, 6.07) is 2.12. The molecular formula is C5H4SW. The van der Waals surface area contributed by atoms with Crippen molar-refractivity contribution in [1.82, 2.24) is 0 Å². The number of rotatable bonds is 1. The third-order valence-electron chi connectivity index (χ3n) is 0.679. The molecule has 0 saturated heterocycles. The second kappa shape index (κ2) is 2.54. The zero-order valence-corrected chi connectivity index (χ0v) is 7.38. The number of hydrogen-bond acceptors (Lipinski definition) is 1. The van der Waals surface area contributed by atoms with E-state index in [1.807, 2.05) is 0 Å². The van der Waals surface area contributed by atoms with Crippen molar-refractivity contribution < 1.29 is 19.4 Å². The van der Waals surface area contributed by atoms with Crippen LogP contribution < -0.4 is 0 Å². The van der Waals surface area contributed by atoms with Crippen molar-refractivity contribution in [3.05, 3.63) is 22.4 Å². The summed E-state index contributed by atoms with van der Waals surface area (Å²) in [6.07, 6.45) is 0. The van der Waals surface area contributed by atoms with Gasteiger partial charge in [0.2, 0.25) is 0 Å². The van der Waals surface area contributed by atoms with E-state index < -0.39 is 0 Å². The van der Waals surface area contributed by atoms with Gasteiger partial charge in [0.15, 0.2) is 0 Å². The Kier molecular flexibility index (Phi) is 1.96. The van der Waals surface area contributed by atoms with E-state index in [-0.39, 0.29) is 0 Å². The van der Waals surface area contributed by atoms with Crippen molar-refractivity contribution in [3.63, 3.8) is 0 Å². The quantitative estimate of drug-likeness (QED) is 0.730. The molecule has 1 aromatic rings. The van der Waals surface area contributed by atoms with E-state index in [1.54, 1.807) is 11.3 Å². The molecule has 0 aromatic carbocycles. The average molecular weight is 280 g/mol. The molecule has 0 aliphatic heterocycles. The van der Waals surface area contributed by atoms with Gasteiger partial charge in [0, 0.05) is 0 Å². The SMILES string of the molecule is [W]=[CH]c1ccsc1. The minimum atomic E-state index is 1.36. The third-order valence-corrected chi connectivity index (χ3v) is 2.36. The van der Waals surface area contributed by atoms with Crippen molar-refractivity contribution in [1.29, 1.82) is 0 Å². The van der Waals surface area contributed by atoms with Crippen LogP contribution in [0.4, 0.5) is 0 Å². The predicted molar refractivity (Wildman–Crippen MR) is 29.5 cm³/mol. The Bertz CT molecular complexity index is 143. The molecular weight excluding hydrogens is 276 g/mol. The molecule has 0 amide bonds. The summed E-state index contributed by atoms with van der Waals surface area (Å²) in [5.41, 5.74) is 1.36. The van der Waals surface area contributed by atoms with Crippen LogP contribution in [0.5, 0.6) is 0 Å². The molecule has 2 heteroatoms. The van der Waals surface area contributed by atoms with Crippen LogP contribution in [0.3, 0.4) is 0 Å². The Hall–Kier alpha value is 0.258. The average Bonchev–Trinajstić information content (AvgIpc) is 2.14. The van der Waals surface area contributed by atoms with Crippen LogP contribution in [0.1, 0.15) is 5.56 Å². The van der Waals surface area contributed by atoms with Crippen LogP contribution in [0.25, 0.3) is 0 Å². The van der Waals surface area contributed by atoms with E-state index in [4.69, 9.17) is 0 Å². The molecule has 0 fully saturated rings. The van der Waals surface area contributed by atoms with Crippen LogP contribution in [0, 0.1) is 0 Å². The molecule has 1 aromatic heterocycles. The topological polar surface area (TPSA) is 0 Å². The molecule has 0 radical (unpaired) electrons. The molecule has 0 spiro atoms. The number of hydrogen-bond donors (Lipinski definition) is 0. The van der Waals surface area contributed by atoms with E-state index in [1.165, 1.54) is 24.9 Å². The van der Waals surface area contributed by atoms with Gasteiger partial charge in [-0.15, -0.1) is 0 Å². The monoisotopic (exact) mass is 280 g/mol. The summed E-state index contributed by atoms with van der Waals surface area (Å²) >= 11 is 3.27. The third kappa shape index (κ3) is 1.32. The first-order valence-corrected chi connectivity index (χ1v) is 4.54. The molecule has 1 heterocycles. The first-order valence-electron chi connectivity index (χ1n) is 1.91. The molecule has 0 atom stereocenters. The molecule has 0 N–H and O–H groups in total. The van der Waals surface area contributed by atoms with Gasteiger partial charge in [0.25, 0.3) is 0 Å². The van der Waals surface area contributed by atoms with E-state index >= 15 is 0 Å². The molecule has 0 nitrogen and oxygen atoms in total. The van der Waals surface area contributed by atoms with E-state index in [0.29, 0.717) is 0 Å². The maximum atomic E-state index is 2.18. The van der Waals surface area contributed by atoms with Crippen molar-refractivity contribution in [3.8, 4) is 0 Å². The van der Waals surface area contributed by atoms with Crippen molar-refractivity contribution in [2.75, 3.05) is 0 Å². The summed E-state index contributed by atoms with van der Waals surface area (Å²) in [5, 5.41) is 4.24. The van der Waals surface area contributed by atoms with Crippen molar-refractivity contribution in [2.24, 2.45) is 0 Å². The van der Waals surface area contributed by atoms with Crippen LogP contribution in [-0.2, 0) is 19.4 Å². The minimum absolute atomic E-state index is 1.36. The van der Waals surface area contributed by atoms with Gasteiger partial charge in [-0.2, -0.15) is 0 Å². The molecule has 0 saturated carbocycles. The van der Waals surface area contributed by atoms with Crippen LogP contribution in [-0.4, -0.2) is 4.40 Å². The summed E-state index contributed by atoms with van der Waals surface area (Å²) in [5.74, 6) is 0. The second-order valence-corrected chi connectivity index (χ2v) is 2.80. The van der Waals surface area contributed by atoms with E-state index in [2.05, 4.69) is 21.2 Å². The predicted octanol–water partition coefficient (Wildman–Crippen LogP) is 1.45. The first-order chi connectivity index (χ1) is 3.43. The van der Waals surface area contributed by atoms with Gasteiger partial charge in [0.05, 0.1) is 0 Å². The maximum absolute atomic E-state index is 2.18. The molecule has 7 heavy (non-hydrogen) atoms. The standard InChI is InChI=1S/C5H4S.W/c1-5-2-3-6-4-5;/h1-4H;. The van der Waals surface area contributed by atoms with Gasteiger partial charge in [0.1, 0.15) is 0 Å². The summed E-state index contributed by atoms with van der Waals surface area (Å²) in [6.45, 7) is 0. The van der Waals surface area contributed by atoms with E-state index in [0.717, 1.165) is 0 Å². The zero-order chi connectivity index (χ0) is 5.11. The molecule has 1 rings (SSSR count). The Morgan fingerprint density at radius 3 is 2.86 bits per heavy atom. The Morgan fingerprint density at radius 1 is 1.71 bits per heavy atom. The normalized spacial score (nSPS) is 8.57. The zero-order valence-electron chi connectivity index (χ0n) is 3.63. The van der Waals surface area contributed by atoms with Gasteiger partial charge in [-0.05, 0) is 0 Å². The van der Waals surface area contributed by atoms with Gasteiger partial charge < -0.3 is 0 Å². The van der Waals surface area contributed by atoms with Gasteiger partial charge >= 0.3 is 57.5 Å². The van der Waals surface area contributed by atoms with Crippen molar-refractivity contribution >= 4 is 15.7 Å². The fraction of sp³-hybridized carbons (Fsp3) is 0. The fourth-order valence-corrected chi connectivity index (χ4v) is 1.83. The molecule has 0 aliphatic carbocycles. The Morgan fingerprint density at radius 2 is 2.57 bits per heavy atom. The van der Waals surface area contributed by atoms with Crippen LogP contribution >= 0.6 is 11.3 Å². The second-order valence-electron chi connectivity index (χ2n) is 1.17. The van der Waals surface area contributed by atoms with Gasteiger partial charge in [-0.25, -0.2) is 0 Å². The molecule has 36 valence electrons. The van der Waals surface area contributed by atoms with Crippen LogP contribution in [0.2, 0.25) is 0 Å². The molecule has 0 unspecified atom stereocenters. The Balaban J connectivity index is 2.96.